The van der Waals surface area contributed by atoms with Gasteiger partial charge in [0.25, 0.3) is 5.91 Å². The van der Waals surface area contributed by atoms with E-state index in [1.165, 1.54) is 6.20 Å². The van der Waals surface area contributed by atoms with Gasteiger partial charge in [-0.05, 0) is 37.1 Å². The number of carbonyl (C=O) groups excluding carboxylic acids is 2. The Bertz CT molecular complexity index is 950. The molecule has 2 heterocycles. The van der Waals surface area contributed by atoms with Gasteiger partial charge in [0.05, 0.1) is 5.56 Å². The predicted molar refractivity (Wildman–Crippen MR) is 120 cm³/mol. The van der Waals surface area contributed by atoms with Crippen LogP contribution in [0.4, 0.5) is 27.9 Å². The number of primary amides is 1. The molecule has 10 nitrogen and oxygen atoms in total. The molecule has 164 valence electrons. The first kappa shape index (κ1) is 20.7. The van der Waals surface area contributed by atoms with Crippen LogP contribution in [0.5, 0.6) is 0 Å². The van der Waals surface area contributed by atoms with E-state index in [4.69, 9.17) is 5.73 Å². The van der Waals surface area contributed by atoms with Crippen LogP contribution in [0.15, 0.2) is 30.5 Å². The molecule has 1 aromatic heterocycles. The molecule has 2 aliphatic rings. The number of hydrogen-bond donors (Lipinski definition) is 3. The smallest absolute Gasteiger partial charge is 0.319 e. The van der Waals surface area contributed by atoms with Crippen molar-refractivity contribution in [2.75, 3.05) is 55.8 Å². The van der Waals surface area contributed by atoms with Crippen molar-refractivity contribution in [1.82, 2.24) is 19.8 Å². The van der Waals surface area contributed by atoms with Crippen molar-refractivity contribution >= 4 is 35.1 Å². The second-order valence-electron chi connectivity index (χ2n) is 8.06. The third kappa shape index (κ3) is 4.96. The zero-order valence-electron chi connectivity index (χ0n) is 17.8. The fourth-order valence-electron chi connectivity index (χ4n) is 3.48. The van der Waals surface area contributed by atoms with E-state index in [0.717, 1.165) is 37.3 Å². The Morgan fingerprint density at radius 2 is 1.77 bits per heavy atom. The van der Waals surface area contributed by atoms with Crippen LogP contribution in [0.3, 0.4) is 0 Å². The Hall–Kier alpha value is -3.56. The van der Waals surface area contributed by atoms with Gasteiger partial charge in [0.1, 0.15) is 5.82 Å². The lowest BCUT2D eigenvalue weighted by molar-refractivity contribution is 0.100. The number of benzene rings is 1. The summed E-state index contributed by atoms with van der Waals surface area (Å²) in [7, 11) is 3.55. The Morgan fingerprint density at radius 1 is 1.10 bits per heavy atom. The molecule has 31 heavy (non-hydrogen) atoms. The number of rotatable bonds is 6. The number of nitrogens with zero attached hydrogens (tertiary/aromatic N) is 5. The Balaban J connectivity index is 1.39. The van der Waals surface area contributed by atoms with Gasteiger partial charge in [-0.25, -0.2) is 9.78 Å². The first-order valence-electron chi connectivity index (χ1n) is 10.4. The van der Waals surface area contributed by atoms with Gasteiger partial charge >= 0.3 is 6.03 Å². The highest BCUT2D eigenvalue weighted by molar-refractivity contribution is 5.97. The van der Waals surface area contributed by atoms with Gasteiger partial charge in [-0.1, -0.05) is 0 Å². The quantitative estimate of drug-likeness (QED) is 0.645. The summed E-state index contributed by atoms with van der Waals surface area (Å²) in [6.07, 6.45) is 3.57. The van der Waals surface area contributed by atoms with Gasteiger partial charge in [0, 0.05) is 63.9 Å². The summed E-state index contributed by atoms with van der Waals surface area (Å²) in [5.41, 5.74) is 7.67. The zero-order valence-corrected chi connectivity index (χ0v) is 17.8. The normalized spacial score (nSPS) is 16.1. The maximum Gasteiger partial charge on any atom is 0.319 e. The zero-order chi connectivity index (χ0) is 22.0. The third-order valence-electron chi connectivity index (χ3n) is 5.39. The first-order valence-corrected chi connectivity index (χ1v) is 10.4. The molecule has 1 aliphatic heterocycles. The molecular weight excluding hydrogens is 396 g/mol. The fourth-order valence-corrected chi connectivity index (χ4v) is 3.48. The van der Waals surface area contributed by atoms with E-state index in [0.29, 0.717) is 36.5 Å². The van der Waals surface area contributed by atoms with E-state index in [2.05, 4.69) is 25.5 Å². The molecule has 0 atom stereocenters. The summed E-state index contributed by atoms with van der Waals surface area (Å²) in [5.74, 6) is 0.317. The maximum atomic E-state index is 12.1. The first-order chi connectivity index (χ1) is 14.9. The van der Waals surface area contributed by atoms with Gasteiger partial charge in [-0.2, -0.15) is 4.98 Å². The van der Waals surface area contributed by atoms with Crippen LogP contribution in [-0.4, -0.2) is 78.0 Å². The van der Waals surface area contributed by atoms with Crippen molar-refractivity contribution in [2.45, 2.75) is 18.9 Å². The number of amides is 3. The standard InChI is InChI=1S/C21H28N8O2/c1-27(2)21(31)29-11-9-28(10-12-29)16-7-5-15(6-8-16)25-20-23-13-17(18(22)30)19(26-20)24-14-3-4-14/h5-8,13-14H,3-4,9-12H2,1-2H3,(H2,22,30)(H2,23,24,25,26). The monoisotopic (exact) mass is 424 g/mol. The van der Waals surface area contributed by atoms with Crippen LogP contribution >= 0.6 is 0 Å². The highest BCUT2D eigenvalue weighted by Gasteiger charge is 2.24. The van der Waals surface area contributed by atoms with Crippen molar-refractivity contribution < 1.29 is 9.59 Å². The van der Waals surface area contributed by atoms with Crippen molar-refractivity contribution in [1.29, 1.82) is 0 Å². The molecule has 0 unspecified atom stereocenters. The van der Waals surface area contributed by atoms with Crippen molar-refractivity contribution in [2.24, 2.45) is 5.73 Å². The molecular formula is C21H28N8O2. The lowest BCUT2D eigenvalue weighted by Gasteiger charge is -2.37. The van der Waals surface area contributed by atoms with Crippen LogP contribution in [0, 0.1) is 0 Å². The van der Waals surface area contributed by atoms with Crippen molar-refractivity contribution in [3.05, 3.63) is 36.0 Å². The van der Waals surface area contributed by atoms with Gasteiger partial charge < -0.3 is 31.1 Å². The van der Waals surface area contributed by atoms with Crippen LogP contribution in [-0.2, 0) is 0 Å². The van der Waals surface area contributed by atoms with E-state index in [9.17, 15) is 9.59 Å². The summed E-state index contributed by atoms with van der Waals surface area (Å²) < 4.78 is 0. The number of carbonyl (C=O) groups is 2. The molecule has 1 aromatic carbocycles. The van der Waals surface area contributed by atoms with Crippen LogP contribution in [0.1, 0.15) is 23.2 Å². The van der Waals surface area contributed by atoms with Crippen molar-refractivity contribution in [3.8, 4) is 0 Å². The molecule has 10 heteroatoms. The minimum Gasteiger partial charge on any atom is -0.368 e. The third-order valence-corrected chi connectivity index (χ3v) is 5.39. The van der Waals surface area contributed by atoms with E-state index in [1.807, 2.05) is 29.2 Å². The van der Waals surface area contributed by atoms with E-state index >= 15 is 0 Å². The van der Waals surface area contributed by atoms with Crippen molar-refractivity contribution in [3.63, 3.8) is 0 Å². The number of anilines is 4. The van der Waals surface area contributed by atoms with Crippen LogP contribution in [0.25, 0.3) is 0 Å². The summed E-state index contributed by atoms with van der Waals surface area (Å²) in [5, 5.41) is 6.41. The molecule has 1 saturated heterocycles. The average molecular weight is 425 g/mol. The Labute approximate surface area is 181 Å². The molecule has 4 rings (SSSR count). The molecule has 2 aromatic rings. The van der Waals surface area contributed by atoms with Gasteiger partial charge in [0.15, 0.2) is 0 Å². The topological polar surface area (TPSA) is 120 Å². The van der Waals surface area contributed by atoms with Gasteiger partial charge in [-0.15, -0.1) is 0 Å². The lowest BCUT2D eigenvalue weighted by atomic mass is 10.2. The number of nitrogens with two attached hydrogens (primary N) is 1. The van der Waals surface area contributed by atoms with Crippen LogP contribution in [0.2, 0.25) is 0 Å². The highest BCUT2D eigenvalue weighted by Crippen LogP contribution is 2.27. The average Bonchev–Trinajstić information content (AvgIpc) is 3.58. The van der Waals surface area contributed by atoms with Gasteiger partial charge in [-0.3, -0.25) is 4.79 Å². The molecule has 1 saturated carbocycles. The summed E-state index contributed by atoms with van der Waals surface area (Å²) >= 11 is 0. The maximum absolute atomic E-state index is 12.1. The summed E-state index contributed by atoms with van der Waals surface area (Å²) in [6.45, 7) is 2.99. The molecule has 0 spiro atoms. The molecule has 0 bridgehead atoms. The molecule has 2 fully saturated rings. The minimum absolute atomic E-state index is 0.0529. The highest BCUT2D eigenvalue weighted by atomic mass is 16.2. The van der Waals surface area contributed by atoms with E-state index < -0.39 is 5.91 Å². The number of hydrogen-bond acceptors (Lipinski definition) is 7. The Kier molecular flexibility index (Phi) is 5.79. The Morgan fingerprint density at radius 3 is 2.35 bits per heavy atom. The van der Waals surface area contributed by atoms with Gasteiger partial charge in [0.2, 0.25) is 5.95 Å². The molecule has 3 amide bonds. The predicted octanol–water partition coefficient (Wildman–Crippen LogP) is 1.70. The fraction of sp³-hybridized carbons (Fsp3) is 0.429. The molecule has 4 N–H and O–H groups in total. The van der Waals surface area contributed by atoms with Crippen LogP contribution < -0.4 is 21.3 Å². The largest absolute Gasteiger partial charge is 0.368 e. The second-order valence-corrected chi connectivity index (χ2v) is 8.06. The molecule has 0 radical (unpaired) electrons. The van der Waals surface area contributed by atoms with E-state index in [1.54, 1.807) is 19.0 Å². The summed E-state index contributed by atoms with van der Waals surface area (Å²) in [4.78, 5) is 38.1. The lowest BCUT2D eigenvalue weighted by Crippen LogP contribution is -2.51. The van der Waals surface area contributed by atoms with E-state index in [-0.39, 0.29) is 6.03 Å². The summed E-state index contributed by atoms with van der Waals surface area (Å²) in [6, 6.07) is 8.39. The second kappa shape index (κ2) is 8.66. The number of aromatic nitrogens is 2. The minimum atomic E-state index is -0.550. The molecule has 1 aliphatic carbocycles. The SMILES string of the molecule is CN(C)C(=O)N1CCN(c2ccc(Nc3ncc(C(N)=O)c(NC4CC4)n3)cc2)CC1. The number of nitrogens with one attached hydrogen (secondary N) is 2. The number of piperazine rings is 1. The number of urea groups is 1.